The average Bonchev–Trinajstić information content (AvgIpc) is 2.83. The zero-order chi connectivity index (χ0) is 13.1. The first kappa shape index (κ1) is 12.7. The molecule has 0 aliphatic rings. The highest BCUT2D eigenvalue weighted by Gasteiger charge is 2.18. The van der Waals surface area contributed by atoms with E-state index in [9.17, 15) is 4.79 Å². The predicted octanol–water partition coefficient (Wildman–Crippen LogP) is 3.03. The lowest BCUT2D eigenvalue weighted by Gasteiger charge is -2.09. The van der Waals surface area contributed by atoms with Crippen LogP contribution in [0.3, 0.4) is 0 Å². The van der Waals surface area contributed by atoms with Gasteiger partial charge < -0.3 is 14.5 Å². The SMILES string of the molecule is COc1ccc(C(=O)c2cc[nH]c2Br)c(OC)c1. The normalized spacial score (nSPS) is 10.2. The molecule has 1 aromatic heterocycles. The van der Waals surface area contributed by atoms with Crippen LogP contribution in [0.5, 0.6) is 11.5 Å². The second-order valence-corrected chi connectivity index (χ2v) is 4.39. The lowest BCUT2D eigenvalue weighted by molar-refractivity contribution is 0.103. The molecule has 0 atom stereocenters. The molecule has 0 saturated heterocycles. The summed E-state index contributed by atoms with van der Waals surface area (Å²) in [5.74, 6) is 1.03. The van der Waals surface area contributed by atoms with E-state index in [0.29, 0.717) is 27.2 Å². The van der Waals surface area contributed by atoms with Crippen LogP contribution in [-0.2, 0) is 0 Å². The number of rotatable bonds is 4. The van der Waals surface area contributed by atoms with Crippen molar-refractivity contribution in [1.29, 1.82) is 0 Å². The molecule has 2 aromatic rings. The second kappa shape index (κ2) is 5.27. The first-order valence-corrected chi connectivity index (χ1v) is 6.06. The van der Waals surface area contributed by atoms with Gasteiger partial charge >= 0.3 is 0 Å². The number of ether oxygens (including phenoxy) is 2. The summed E-state index contributed by atoms with van der Waals surface area (Å²) in [5, 5.41) is 0. The first-order valence-electron chi connectivity index (χ1n) is 5.27. The van der Waals surface area contributed by atoms with Gasteiger partial charge in [0.25, 0.3) is 0 Å². The van der Waals surface area contributed by atoms with Gasteiger partial charge in [0.15, 0.2) is 5.78 Å². The average molecular weight is 310 g/mol. The Hall–Kier alpha value is -1.75. The van der Waals surface area contributed by atoms with Crippen molar-refractivity contribution in [3.63, 3.8) is 0 Å². The maximum absolute atomic E-state index is 12.3. The van der Waals surface area contributed by atoms with Crippen LogP contribution < -0.4 is 9.47 Å². The molecule has 0 fully saturated rings. The molecule has 4 nitrogen and oxygen atoms in total. The van der Waals surface area contributed by atoms with Gasteiger partial charge in [-0.3, -0.25) is 4.79 Å². The number of ketones is 1. The van der Waals surface area contributed by atoms with Crippen molar-refractivity contribution in [1.82, 2.24) is 4.98 Å². The van der Waals surface area contributed by atoms with E-state index in [4.69, 9.17) is 9.47 Å². The highest BCUT2D eigenvalue weighted by molar-refractivity contribution is 9.10. The van der Waals surface area contributed by atoms with Crippen LogP contribution in [0.1, 0.15) is 15.9 Å². The summed E-state index contributed by atoms with van der Waals surface area (Å²) in [5.41, 5.74) is 1.07. The van der Waals surface area contributed by atoms with E-state index in [1.54, 1.807) is 37.6 Å². The van der Waals surface area contributed by atoms with Gasteiger partial charge in [0.1, 0.15) is 11.5 Å². The molecule has 0 unspecified atom stereocenters. The number of carbonyl (C=O) groups is 1. The summed E-state index contributed by atoms with van der Waals surface area (Å²) < 4.78 is 11.0. The molecule has 94 valence electrons. The first-order chi connectivity index (χ1) is 8.67. The highest BCUT2D eigenvalue weighted by Crippen LogP contribution is 2.28. The van der Waals surface area contributed by atoms with Gasteiger partial charge in [-0.15, -0.1) is 0 Å². The molecule has 0 radical (unpaired) electrons. The van der Waals surface area contributed by atoms with Crippen molar-refractivity contribution in [3.8, 4) is 11.5 Å². The molecule has 1 heterocycles. The molecule has 0 aliphatic heterocycles. The van der Waals surface area contributed by atoms with E-state index in [0.717, 1.165) is 0 Å². The fourth-order valence-corrected chi connectivity index (χ4v) is 2.10. The topological polar surface area (TPSA) is 51.3 Å². The largest absolute Gasteiger partial charge is 0.497 e. The van der Waals surface area contributed by atoms with E-state index >= 15 is 0 Å². The number of H-pyrrole nitrogens is 1. The quantitative estimate of drug-likeness (QED) is 0.883. The fraction of sp³-hybridized carbons (Fsp3) is 0.154. The Bertz CT molecular complexity index is 577. The molecule has 18 heavy (non-hydrogen) atoms. The van der Waals surface area contributed by atoms with E-state index in [1.807, 2.05) is 0 Å². The van der Waals surface area contributed by atoms with Crippen molar-refractivity contribution in [2.75, 3.05) is 14.2 Å². The van der Waals surface area contributed by atoms with E-state index in [2.05, 4.69) is 20.9 Å². The number of hydrogen-bond acceptors (Lipinski definition) is 3. The zero-order valence-corrected chi connectivity index (χ0v) is 11.6. The number of aromatic amines is 1. The van der Waals surface area contributed by atoms with Crippen LogP contribution in [0.25, 0.3) is 0 Å². The minimum Gasteiger partial charge on any atom is -0.497 e. The van der Waals surface area contributed by atoms with Crippen LogP contribution >= 0.6 is 15.9 Å². The monoisotopic (exact) mass is 309 g/mol. The van der Waals surface area contributed by atoms with Crippen LogP contribution in [0.2, 0.25) is 0 Å². The molecule has 0 spiro atoms. The summed E-state index contributed by atoms with van der Waals surface area (Å²) in [6.07, 6.45) is 1.70. The number of halogens is 1. The van der Waals surface area contributed by atoms with Crippen LogP contribution in [0, 0.1) is 0 Å². The van der Waals surface area contributed by atoms with E-state index in [1.165, 1.54) is 7.11 Å². The molecule has 0 aliphatic carbocycles. The summed E-state index contributed by atoms with van der Waals surface area (Å²) in [6, 6.07) is 6.83. The molecule has 5 heteroatoms. The van der Waals surface area contributed by atoms with Crippen molar-refractivity contribution < 1.29 is 14.3 Å². The molecule has 1 aromatic carbocycles. The second-order valence-electron chi connectivity index (χ2n) is 3.60. The molecule has 2 rings (SSSR count). The number of hydrogen-bond donors (Lipinski definition) is 1. The van der Waals surface area contributed by atoms with Gasteiger partial charge in [-0.05, 0) is 34.1 Å². The molecular formula is C13H12BrNO3. The highest BCUT2D eigenvalue weighted by atomic mass is 79.9. The predicted molar refractivity (Wildman–Crippen MR) is 71.5 cm³/mol. The van der Waals surface area contributed by atoms with Gasteiger partial charge in [0, 0.05) is 12.3 Å². The molecule has 1 N–H and O–H groups in total. The third-order valence-corrected chi connectivity index (χ3v) is 3.25. The van der Waals surface area contributed by atoms with Crippen molar-refractivity contribution in [3.05, 3.63) is 46.2 Å². The minimum absolute atomic E-state index is 0.109. The lowest BCUT2D eigenvalue weighted by Crippen LogP contribution is -2.04. The standard InChI is InChI=1S/C13H12BrNO3/c1-17-8-3-4-9(11(7-8)18-2)12(16)10-5-6-15-13(10)14/h3-7,15H,1-2H3. The Morgan fingerprint density at radius 3 is 2.50 bits per heavy atom. The van der Waals surface area contributed by atoms with Crippen molar-refractivity contribution >= 4 is 21.7 Å². The van der Waals surface area contributed by atoms with E-state index < -0.39 is 0 Å². The summed E-state index contributed by atoms with van der Waals surface area (Å²) in [7, 11) is 3.09. The summed E-state index contributed by atoms with van der Waals surface area (Å²) in [6.45, 7) is 0. The number of nitrogens with one attached hydrogen (secondary N) is 1. The Kier molecular flexibility index (Phi) is 3.72. The maximum atomic E-state index is 12.3. The Labute approximate surface area is 113 Å². The molecule has 0 saturated carbocycles. The van der Waals surface area contributed by atoms with Crippen molar-refractivity contribution in [2.24, 2.45) is 0 Å². The van der Waals surface area contributed by atoms with Gasteiger partial charge in [-0.25, -0.2) is 0 Å². The third-order valence-electron chi connectivity index (χ3n) is 2.59. The van der Waals surface area contributed by atoms with Gasteiger partial charge in [0.2, 0.25) is 0 Å². The third kappa shape index (κ3) is 2.26. The number of carbonyl (C=O) groups excluding carboxylic acids is 1. The van der Waals surface area contributed by atoms with Crippen molar-refractivity contribution in [2.45, 2.75) is 0 Å². The lowest BCUT2D eigenvalue weighted by atomic mass is 10.0. The summed E-state index contributed by atoms with van der Waals surface area (Å²) in [4.78, 5) is 15.2. The smallest absolute Gasteiger partial charge is 0.199 e. The Morgan fingerprint density at radius 1 is 1.17 bits per heavy atom. The van der Waals surface area contributed by atoms with Crippen LogP contribution in [0.15, 0.2) is 35.1 Å². The van der Waals surface area contributed by atoms with Gasteiger partial charge in [0.05, 0.1) is 29.9 Å². The van der Waals surface area contributed by atoms with Crippen LogP contribution in [0.4, 0.5) is 0 Å². The molecule has 0 amide bonds. The van der Waals surface area contributed by atoms with Crippen LogP contribution in [-0.4, -0.2) is 25.0 Å². The number of aromatic nitrogens is 1. The Balaban J connectivity index is 2.45. The summed E-state index contributed by atoms with van der Waals surface area (Å²) >= 11 is 3.30. The Morgan fingerprint density at radius 2 is 1.94 bits per heavy atom. The number of benzene rings is 1. The van der Waals surface area contributed by atoms with E-state index in [-0.39, 0.29) is 5.78 Å². The fourth-order valence-electron chi connectivity index (χ4n) is 1.66. The van der Waals surface area contributed by atoms with Gasteiger partial charge in [-0.2, -0.15) is 0 Å². The maximum Gasteiger partial charge on any atom is 0.199 e. The minimum atomic E-state index is -0.109. The number of methoxy groups -OCH3 is 2. The zero-order valence-electron chi connectivity index (χ0n) is 9.99. The molecule has 0 bridgehead atoms. The van der Waals surface area contributed by atoms with Gasteiger partial charge in [-0.1, -0.05) is 0 Å². The molecular weight excluding hydrogens is 298 g/mol.